The zero-order valence-corrected chi connectivity index (χ0v) is 12.2. The number of hydrogen-bond acceptors (Lipinski definition) is 6. The van der Waals surface area contributed by atoms with Gasteiger partial charge >= 0.3 is 0 Å². The first kappa shape index (κ1) is 14.9. The lowest BCUT2D eigenvalue weighted by atomic mass is 10.2. The van der Waals surface area contributed by atoms with Gasteiger partial charge in [0.15, 0.2) is 18.1 Å². The molecule has 0 unspecified atom stereocenters. The number of rotatable bonds is 3. The lowest BCUT2D eigenvalue weighted by Gasteiger charge is -2.20. The first-order valence-electron chi connectivity index (χ1n) is 6.88. The van der Waals surface area contributed by atoms with Gasteiger partial charge in [0.05, 0.1) is 11.5 Å². The van der Waals surface area contributed by atoms with Crippen molar-refractivity contribution in [1.29, 1.82) is 0 Å². The van der Waals surface area contributed by atoms with E-state index in [1.165, 1.54) is 30.5 Å². The molecule has 8 nitrogen and oxygen atoms in total. The summed E-state index contributed by atoms with van der Waals surface area (Å²) >= 11 is 0. The lowest BCUT2D eigenvalue weighted by molar-refractivity contribution is -0.558. The molecule has 2 aliphatic heterocycles. The molecule has 118 valence electrons. The zero-order chi connectivity index (χ0) is 15.9. The van der Waals surface area contributed by atoms with E-state index in [1.807, 2.05) is 0 Å². The average molecular weight is 308 g/mol. The molecule has 0 N–H and O–H groups in total. The molecule has 2 aliphatic rings. The van der Waals surface area contributed by atoms with Crippen molar-refractivity contribution in [1.82, 2.24) is 0 Å². The second kappa shape index (κ2) is 5.31. The van der Waals surface area contributed by atoms with Crippen molar-refractivity contribution < 1.29 is 23.9 Å². The lowest BCUT2D eigenvalue weighted by Crippen LogP contribution is -2.36. The van der Waals surface area contributed by atoms with Crippen molar-refractivity contribution in [2.75, 3.05) is 6.61 Å². The van der Waals surface area contributed by atoms with Crippen molar-refractivity contribution >= 4 is 11.9 Å². The third-order valence-corrected chi connectivity index (χ3v) is 3.56. The van der Waals surface area contributed by atoms with Crippen LogP contribution in [0.3, 0.4) is 0 Å². The molecule has 8 heteroatoms. The first-order valence-corrected chi connectivity index (χ1v) is 6.88. The summed E-state index contributed by atoms with van der Waals surface area (Å²) in [4.78, 5) is 10.1. The van der Waals surface area contributed by atoms with Crippen LogP contribution in [-0.4, -0.2) is 46.7 Å². The standard InChI is InChI=1S/C14H16N2O6/c1-14(2)21-11-8-20-13(12(11)22-14)15(17)7-9-3-5-10(6-4-9)16(18)19/h3-7,11-13H,8H2,1-2H3/b15-7-/t11-,12-,13-/m1/s1. The van der Waals surface area contributed by atoms with E-state index in [4.69, 9.17) is 14.2 Å². The SMILES string of the molecule is CC1(C)O[C@H]2[C@H](/[N+]([O-])=C/c3ccc([N+](=O)[O-])cc3)OC[C@H]2O1. The molecule has 2 saturated heterocycles. The normalized spacial score (nSPS) is 30.3. The van der Waals surface area contributed by atoms with Gasteiger partial charge in [-0.1, -0.05) is 0 Å². The predicted octanol–water partition coefficient (Wildman–Crippen LogP) is 1.40. The Morgan fingerprint density at radius 3 is 2.55 bits per heavy atom. The second-order valence-electron chi connectivity index (χ2n) is 5.70. The van der Waals surface area contributed by atoms with E-state index in [-0.39, 0.29) is 11.8 Å². The summed E-state index contributed by atoms with van der Waals surface area (Å²) in [6.45, 7) is 3.88. The van der Waals surface area contributed by atoms with Crippen LogP contribution in [0.25, 0.3) is 0 Å². The van der Waals surface area contributed by atoms with Crippen LogP contribution >= 0.6 is 0 Å². The fraction of sp³-hybridized carbons (Fsp3) is 0.500. The second-order valence-corrected chi connectivity index (χ2v) is 5.70. The number of nitrogens with zero attached hydrogens (tertiary/aromatic N) is 2. The van der Waals surface area contributed by atoms with Crippen LogP contribution in [0.2, 0.25) is 0 Å². The smallest absolute Gasteiger partial charge is 0.297 e. The Morgan fingerprint density at radius 2 is 1.91 bits per heavy atom. The molecule has 1 aromatic carbocycles. The summed E-state index contributed by atoms with van der Waals surface area (Å²) in [6.07, 6.45) is -0.184. The zero-order valence-electron chi connectivity index (χ0n) is 12.2. The third-order valence-electron chi connectivity index (χ3n) is 3.56. The van der Waals surface area contributed by atoms with E-state index >= 15 is 0 Å². The molecule has 0 aliphatic carbocycles. The molecule has 0 amide bonds. The largest absolute Gasteiger partial charge is 0.622 e. The van der Waals surface area contributed by atoms with E-state index in [9.17, 15) is 15.3 Å². The van der Waals surface area contributed by atoms with Gasteiger partial charge in [-0.3, -0.25) is 10.1 Å². The summed E-state index contributed by atoms with van der Waals surface area (Å²) in [5, 5.41) is 22.9. The number of hydrogen-bond donors (Lipinski definition) is 0. The molecular formula is C14H16N2O6. The van der Waals surface area contributed by atoms with Crippen molar-refractivity contribution in [2.24, 2.45) is 0 Å². The highest BCUT2D eigenvalue weighted by atomic mass is 16.8. The van der Waals surface area contributed by atoms with Crippen LogP contribution in [0.5, 0.6) is 0 Å². The molecule has 0 radical (unpaired) electrons. The highest BCUT2D eigenvalue weighted by molar-refractivity contribution is 5.76. The summed E-state index contributed by atoms with van der Waals surface area (Å²) in [7, 11) is 0. The van der Waals surface area contributed by atoms with Gasteiger partial charge in [-0.05, 0) is 26.0 Å². The number of ether oxygens (including phenoxy) is 3. The van der Waals surface area contributed by atoms with Crippen molar-refractivity contribution in [3.63, 3.8) is 0 Å². The van der Waals surface area contributed by atoms with Crippen LogP contribution in [0, 0.1) is 15.3 Å². The topological polar surface area (TPSA) is 96.9 Å². The summed E-state index contributed by atoms with van der Waals surface area (Å²) in [5.74, 6) is -0.731. The molecule has 22 heavy (non-hydrogen) atoms. The maximum atomic E-state index is 12.3. The first-order chi connectivity index (χ1) is 10.4. The van der Waals surface area contributed by atoms with Gasteiger partial charge in [0.2, 0.25) is 0 Å². The third kappa shape index (κ3) is 2.80. The van der Waals surface area contributed by atoms with Gasteiger partial charge in [-0.25, -0.2) is 0 Å². The minimum absolute atomic E-state index is 0.0268. The van der Waals surface area contributed by atoms with Gasteiger partial charge in [-0.15, -0.1) is 0 Å². The Balaban J connectivity index is 1.76. The maximum Gasteiger partial charge on any atom is 0.297 e. The fourth-order valence-corrected chi connectivity index (χ4v) is 2.64. The average Bonchev–Trinajstić information content (AvgIpc) is 2.94. The molecule has 3 atom stereocenters. The monoisotopic (exact) mass is 308 g/mol. The molecule has 0 bridgehead atoms. The Bertz CT molecular complexity index is 612. The van der Waals surface area contributed by atoms with Gasteiger partial charge in [0, 0.05) is 17.7 Å². The van der Waals surface area contributed by atoms with Crippen LogP contribution in [0.1, 0.15) is 19.4 Å². The highest BCUT2D eigenvalue weighted by Gasteiger charge is 2.54. The van der Waals surface area contributed by atoms with Crippen LogP contribution in [-0.2, 0) is 14.2 Å². The quantitative estimate of drug-likeness (QED) is 0.275. The highest BCUT2D eigenvalue weighted by Crippen LogP contribution is 2.35. The van der Waals surface area contributed by atoms with E-state index in [0.29, 0.717) is 16.9 Å². The Kier molecular flexibility index (Phi) is 3.59. The van der Waals surface area contributed by atoms with E-state index < -0.39 is 23.0 Å². The molecule has 1 aromatic rings. The number of fused-ring (bicyclic) bond motifs is 1. The van der Waals surface area contributed by atoms with Crippen LogP contribution in [0.15, 0.2) is 24.3 Å². The summed E-state index contributed by atoms with van der Waals surface area (Å²) in [5.41, 5.74) is 0.520. The number of nitro benzene ring substituents is 1. The van der Waals surface area contributed by atoms with Gasteiger partial charge in [0.1, 0.15) is 6.10 Å². The maximum absolute atomic E-state index is 12.3. The predicted molar refractivity (Wildman–Crippen MR) is 75.5 cm³/mol. The molecule has 2 heterocycles. The fourth-order valence-electron chi connectivity index (χ4n) is 2.64. The van der Waals surface area contributed by atoms with E-state index in [1.54, 1.807) is 13.8 Å². The molecule has 0 aromatic heterocycles. The van der Waals surface area contributed by atoms with Gasteiger partial charge in [-0.2, -0.15) is 4.74 Å². The van der Waals surface area contributed by atoms with Crippen LogP contribution < -0.4 is 0 Å². The van der Waals surface area contributed by atoms with Crippen molar-refractivity contribution in [3.8, 4) is 0 Å². The number of nitro groups is 1. The van der Waals surface area contributed by atoms with E-state index in [0.717, 1.165) is 0 Å². The molecule has 2 fully saturated rings. The number of non-ortho nitro benzene ring substituents is 1. The van der Waals surface area contributed by atoms with Crippen molar-refractivity contribution in [3.05, 3.63) is 45.2 Å². The minimum Gasteiger partial charge on any atom is -0.622 e. The molecule has 3 rings (SSSR count). The Hall–Kier alpha value is -2.03. The van der Waals surface area contributed by atoms with E-state index in [2.05, 4.69) is 0 Å². The van der Waals surface area contributed by atoms with Crippen molar-refractivity contribution in [2.45, 2.75) is 38.1 Å². The molecule has 0 spiro atoms. The summed E-state index contributed by atoms with van der Waals surface area (Å²) < 4.78 is 17.4. The van der Waals surface area contributed by atoms with Crippen LogP contribution in [0.4, 0.5) is 5.69 Å². The molecule has 0 saturated carbocycles. The van der Waals surface area contributed by atoms with Gasteiger partial charge < -0.3 is 19.4 Å². The minimum atomic E-state index is -0.790. The molecular weight excluding hydrogens is 292 g/mol. The number of hydroxylamine groups is 1. The Labute approximate surface area is 126 Å². The Morgan fingerprint density at radius 1 is 1.23 bits per heavy atom. The summed E-state index contributed by atoms with van der Waals surface area (Å²) in [6, 6.07) is 5.70. The van der Waals surface area contributed by atoms with Gasteiger partial charge in [0.25, 0.3) is 11.9 Å². The number of benzene rings is 1.